The maximum absolute atomic E-state index is 12.2. The van der Waals surface area contributed by atoms with Crippen molar-refractivity contribution in [3.05, 3.63) is 0 Å². The van der Waals surface area contributed by atoms with E-state index in [1.54, 1.807) is 0 Å². The minimum Gasteiger partial charge on any atom is -0.381 e. The van der Waals surface area contributed by atoms with Crippen molar-refractivity contribution in [2.24, 2.45) is 11.7 Å². The van der Waals surface area contributed by atoms with Crippen LogP contribution in [0.15, 0.2) is 0 Å². The lowest BCUT2D eigenvalue weighted by Gasteiger charge is -2.38. The SMILES string of the molecule is NCC1(NC(=O)C2CCOCC2)CCOCC1. The standard InChI is InChI=1S/C12H22N2O3/c13-9-12(3-7-17-8-4-12)14-11(15)10-1-5-16-6-2-10/h10H,1-9,13H2,(H,14,15). The fourth-order valence-corrected chi connectivity index (χ4v) is 2.47. The van der Waals surface area contributed by atoms with E-state index in [1.807, 2.05) is 0 Å². The smallest absolute Gasteiger partial charge is 0.223 e. The van der Waals surface area contributed by atoms with E-state index in [9.17, 15) is 4.79 Å². The van der Waals surface area contributed by atoms with Gasteiger partial charge in [-0.1, -0.05) is 0 Å². The first kappa shape index (κ1) is 12.8. The third-order valence-corrected chi connectivity index (χ3v) is 3.82. The van der Waals surface area contributed by atoms with Crippen molar-refractivity contribution < 1.29 is 14.3 Å². The van der Waals surface area contributed by atoms with Crippen LogP contribution in [0.1, 0.15) is 25.7 Å². The molecule has 0 radical (unpaired) electrons. The summed E-state index contributed by atoms with van der Waals surface area (Å²) in [5.74, 6) is 0.232. The predicted octanol–water partition coefficient (Wildman–Crippen LogP) is 0.0371. The summed E-state index contributed by atoms with van der Waals surface area (Å²) in [6.45, 7) is 3.25. The molecule has 2 saturated heterocycles. The lowest BCUT2D eigenvalue weighted by molar-refractivity contribution is -0.131. The van der Waals surface area contributed by atoms with Crippen LogP contribution in [-0.2, 0) is 14.3 Å². The highest BCUT2D eigenvalue weighted by atomic mass is 16.5. The van der Waals surface area contributed by atoms with Gasteiger partial charge in [-0.25, -0.2) is 0 Å². The summed E-state index contributed by atoms with van der Waals surface area (Å²) < 4.78 is 10.6. The Morgan fingerprint density at radius 3 is 2.35 bits per heavy atom. The monoisotopic (exact) mass is 242 g/mol. The molecule has 0 aliphatic carbocycles. The molecule has 17 heavy (non-hydrogen) atoms. The number of hydrogen-bond acceptors (Lipinski definition) is 4. The van der Waals surface area contributed by atoms with Crippen LogP contribution in [0.3, 0.4) is 0 Å². The van der Waals surface area contributed by atoms with E-state index in [4.69, 9.17) is 15.2 Å². The largest absolute Gasteiger partial charge is 0.381 e. The first-order valence-corrected chi connectivity index (χ1v) is 6.43. The minimum absolute atomic E-state index is 0.0926. The average molecular weight is 242 g/mol. The number of nitrogens with two attached hydrogens (primary N) is 1. The molecule has 2 aliphatic heterocycles. The first-order chi connectivity index (χ1) is 8.26. The summed E-state index contributed by atoms with van der Waals surface area (Å²) in [6, 6.07) is 0. The van der Waals surface area contributed by atoms with Gasteiger partial charge in [0.25, 0.3) is 0 Å². The molecule has 2 fully saturated rings. The second kappa shape index (κ2) is 5.80. The molecule has 0 atom stereocenters. The summed E-state index contributed by atoms with van der Waals surface area (Å²) >= 11 is 0. The molecule has 0 aromatic heterocycles. The molecule has 5 heteroatoms. The van der Waals surface area contributed by atoms with Crippen LogP contribution >= 0.6 is 0 Å². The number of amides is 1. The summed E-state index contributed by atoms with van der Waals surface area (Å²) in [7, 11) is 0. The van der Waals surface area contributed by atoms with Crippen molar-refractivity contribution in [1.82, 2.24) is 5.32 Å². The van der Waals surface area contributed by atoms with Crippen LogP contribution < -0.4 is 11.1 Å². The summed E-state index contributed by atoms with van der Waals surface area (Å²) in [4.78, 5) is 12.2. The molecule has 2 heterocycles. The molecule has 0 aromatic rings. The van der Waals surface area contributed by atoms with Crippen molar-refractivity contribution in [1.29, 1.82) is 0 Å². The molecule has 98 valence electrons. The quantitative estimate of drug-likeness (QED) is 0.732. The Morgan fingerprint density at radius 1 is 1.18 bits per heavy atom. The third kappa shape index (κ3) is 3.18. The van der Waals surface area contributed by atoms with Gasteiger partial charge in [0.2, 0.25) is 5.91 Å². The molecule has 1 amide bonds. The Balaban J connectivity index is 1.90. The number of hydrogen-bond donors (Lipinski definition) is 2. The summed E-state index contributed by atoms with van der Waals surface area (Å²) in [5.41, 5.74) is 5.58. The zero-order chi connectivity index (χ0) is 12.1. The van der Waals surface area contributed by atoms with E-state index < -0.39 is 0 Å². The zero-order valence-electron chi connectivity index (χ0n) is 10.2. The Morgan fingerprint density at radius 2 is 1.76 bits per heavy atom. The zero-order valence-corrected chi connectivity index (χ0v) is 10.2. The van der Waals surface area contributed by atoms with Crippen LogP contribution in [0, 0.1) is 5.92 Å². The van der Waals surface area contributed by atoms with Crippen molar-refractivity contribution in [3.63, 3.8) is 0 Å². The number of ether oxygens (including phenoxy) is 2. The molecule has 0 saturated carbocycles. The first-order valence-electron chi connectivity index (χ1n) is 6.43. The average Bonchev–Trinajstić information content (AvgIpc) is 2.41. The third-order valence-electron chi connectivity index (χ3n) is 3.82. The number of carbonyl (C=O) groups excluding carboxylic acids is 1. The lowest BCUT2D eigenvalue weighted by Crippen LogP contribution is -2.58. The maximum Gasteiger partial charge on any atom is 0.223 e. The molecule has 2 rings (SSSR count). The Bertz CT molecular complexity index is 258. The Hall–Kier alpha value is -0.650. The van der Waals surface area contributed by atoms with Crippen LogP contribution in [0.5, 0.6) is 0 Å². The number of nitrogens with one attached hydrogen (secondary N) is 1. The van der Waals surface area contributed by atoms with Gasteiger partial charge >= 0.3 is 0 Å². The topological polar surface area (TPSA) is 73.6 Å². The lowest BCUT2D eigenvalue weighted by atomic mass is 9.88. The van der Waals surface area contributed by atoms with Crippen LogP contribution in [-0.4, -0.2) is 44.4 Å². The van der Waals surface area contributed by atoms with E-state index >= 15 is 0 Å². The Kier molecular flexibility index (Phi) is 4.36. The van der Waals surface area contributed by atoms with Crippen molar-refractivity contribution >= 4 is 5.91 Å². The van der Waals surface area contributed by atoms with E-state index in [-0.39, 0.29) is 17.4 Å². The Labute approximate surface area is 102 Å². The van der Waals surface area contributed by atoms with Gasteiger partial charge in [-0.05, 0) is 25.7 Å². The molecule has 0 aromatic carbocycles. The van der Waals surface area contributed by atoms with Gasteiger partial charge in [0.1, 0.15) is 0 Å². The molecule has 5 nitrogen and oxygen atoms in total. The molecule has 2 aliphatic rings. The molecule has 0 unspecified atom stereocenters. The fourth-order valence-electron chi connectivity index (χ4n) is 2.47. The van der Waals surface area contributed by atoms with Gasteiger partial charge < -0.3 is 20.5 Å². The highest BCUT2D eigenvalue weighted by Gasteiger charge is 2.34. The van der Waals surface area contributed by atoms with Crippen molar-refractivity contribution in [2.45, 2.75) is 31.2 Å². The molecule has 0 spiro atoms. The van der Waals surface area contributed by atoms with Crippen molar-refractivity contribution in [3.8, 4) is 0 Å². The summed E-state index contributed by atoms with van der Waals surface area (Å²) in [6.07, 6.45) is 3.28. The molecule has 3 N–H and O–H groups in total. The maximum atomic E-state index is 12.2. The van der Waals surface area contributed by atoms with E-state index in [0.29, 0.717) is 33.0 Å². The van der Waals surface area contributed by atoms with Crippen LogP contribution in [0.4, 0.5) is 0 Å². The highest BCUT2D eigenvalue weighted by molar-refractivity contribution is 5.79. The van der Waals surface area contributed by atoms with Gasteiger partial charge in [0, 0.05) is 38.9 Å². The second-order valence-electron chi connectivity index (χ2n) is 4.97. The second-order valence-corrected chi connectivity index (χ2v) is 4.97. The van der Waals surface area contributed by atoms with Gasteiger partial charge in [-0.15, -0.1) is 0 Å². The predicted molar refractivity (Wildman–Crippen MR) is 63.5 cm³/mol. The van der Waals surface area contributed by atoms with Gasteiger partial charge in [-0.2, -0.15) is 0 Å². The normalized spacial score (nSPS) is 25.5. The van der Waals surface area contributed by atoms with E-state index in [1.165, 1.54) is 0 Å². The van der Waals surface area contributed by atoms with E-state index in [2.05, 4.69) is 5.32 Å². The molecule has 0 bridgehead atoms. The van der Waals surface area contributed by atoms with Gasteiger partial charge in [0.05, 0.1) is 5.54 Å². The number of rotatable bonds is 3. The van der Waals surface area contributed by atoms with Crippen LogP contribution in [0.2, 0.25) is 0 Å². The van der Waals surface area contributed by atoms with E-state index in [0.717, 1.165) is 25.7 Å². The molecular weight excluding hydrogens is 220 g/mol. The summed E-state index contributed by atoms with van der Waals surface area (Å²) in [5, 5.41) is 3.15. The highest BCUT2D eigenvalue weighted by Crippen LogP contribution is 2.22. The fraction of sp³-hybridized carbons (Fsp3) is 0.917. The van der Waals surface area contributed by atoms with Gasteiger partial charge in [-0.3, -0.25) is 4.79 Å². The number of carbonyl (C=O) groups is 1. The van der Waals surface area contributed by atoms with Crippen LogP contribution in [0.25, 0.3) is 0 Å². The molecular formula is C12H22N2O3. The van der Waals surface area contributed by atoms with Gasteiger partial charge in [0.15, 0.2) is 0 Å². The van der Waals surface area contributed by atoms with Crippen molar-refractivity contribution in [2.75, 3.05) is 33.0 Å². The minimum atomic E-state index is -0.242.